The van der Waals surface area contributed by atoms with Crippen molar-refractivity contribution in [3.8, 4) is 17.5 Å². The van der Waals surface area contributed by atoms with Crippen LogP contribution in [-0.2, 0) is 9.59 Å². The zero-order chi connectivity index (χ0) is 26.0. The van der Waals surface area contributed by atoms with Crippen LogP contribution in [0.4, 0.5) is 11.6 Å². The molecule has 0 radical (unpaired) electrons. The fraction of sp³-hybridized carbons (Fsp3) is 0.250. The maximum absolute atomic E-state index is 12.7. The molecule has 2 N–H and O–H groups in total. The summed E-state index contributed by atoms with van der Waals surface area (Å²) in [4.78, 5) is 37.3. The van der Waals surface area contributed by atoms with E-state index in [1.54, 1.807) is 30.4 Å². The Balaban J connectivity index is 1.43. The Labute approximate surface area is 216 Å². The molecule has 4 rings (SSSR count). The molecule has 9 heteroatoms. The van der Waals surface area contributed by atoms with Crippen LogP contribution in [0.25, 0.3) is 17.5 Å². The topological polar surface area (TPSA) is 114 Å². The van der Waals surface area contributed by atoms with Gasteiger partial charge in [-0.1, -0.05) is 42.5 Å². The third kappa shape index (κ3) is 7.15. The molecule has 0 unspecified atom stereocenters. The average molecular weight is 496 g/mol. The zero-order valence-electron chi connectivity index (χ0n) is 20.7. The van der Waals surface area contributed by atoms with Crippen LogP contribution >= 0.6 is 0 Å². The van der Waals surface area contributed by atoms with Crippen molar-refractivity contribution in [3.05, 3.63) is 77.9 Å². The molecule has 0 saturated carbocycles. The third-order valence-corrected chi connectivity index (χ3v) is 5.90. The van der Waals surface area contributed by atoms with E-state index >= 15 is 0 Å². The van der Waals surface area contributed by atoms with Crippen molar-refractivity contribution in [2.75, 3.05) is 49.5 Å². The molecule has 1 aromatic heterocycles. The van der Waals surface area contributed by atoms with Gasteiger partial charge in [-0.2, -0.15) is 5.26 Å². The SMILES string of the molecule is CC(=O)NCCNc1cc(N2CCN(C(=O)/C=C/c3cccc(C#N)c3)CC2)nc(-c2ccccc2)n1. The summed E-state index contributed by atoms with van der Waals surface area (Å²) >= 11 is 0. The molecule has 1 aliphatic heterocycles. The minimum atomic E-state index is -0.0758. The fourth-order valence-corrected chi connectivity index (χ4v) is 3.97. The number of nitriles is 1. The molecule has 0 aliphatic carbocycles. The summed E-state index contributed by atoms with van der Waals surface area (Å²) in [5.74, 6) is 1.94. The van der Waals surface area contributed by atoms with Crippen molar-refractivity contribution in [2.24, 2.45) is 0 Å². The van der Waals surface area contributed by atoms with E-state index in [-0.39, 0.29) is 11.8 Å². The fourth-order valence-electron chi connectivity index (χ4n) is 3.97. The molecule has 0 atom stereocenters. The predicted octanol–water partition coefficient (Wildman–Crippen LogP) is 2.93. The number of nitrogens with one attached hydrogen (secondary N) is 2. The van der Waals surface area contributed by atoms with Crippen molar-refractivity contribution >= 4 is 29.5 Å². The predicted molar refractivity (Wildman–Crippen MR) is 144 cm³/mol. The monoisotopic (exact) mass is 495 g/mol. The Morgan fingerprint density at radius 1 is 1.00 bits per heavy atom. The Morgan fingerprint density at radius 2 is 1.78 bits per heavy atom. The lowest BCUT2D eigenvalue weighted by Gasteiger charge is -2.35. The Morgan fingerprint density at radius 3 is 2.51 bits per heavy atom. The van der Waals surface area contributed by atoms with Gasteiger partial charge >= 0.3 is 0 Å². The van der Waals surface area contributed by atoms with E-state index in [4.69, 9.17) is 10.2 Å². The molecule has 0 spiro atoms. The van der Waals surface area contributed by atoms with Crippen molar-refractivity contribution in [3.63, 3.8) is 0 Å². The van der Waals surface area contributed by atoms with E-state index in [0.29, 0.717) is 56.5 Å². The standard InChI is InChI=1S/C28H29N7O2/c1-21(36)30-12-13-31-25-19-26(33-28(32-25)24-8-3-2-4-9-24)34-14-16-35(17-15-34)27(37)11-10-22-6-5-7-23(18-22)20-29/h2-11,18-19H,12-17H2,1H3,(H,30,36)(H,31,32,33)/b11-10+. The first-order valence-corrected chi connectivity index (χ1v) is 12.2. The van der Waals surface area contributed by atoms with Crippen molar-refractivity contribution < 1.29 is 9.59 Å². The average Bonchev–Trinajstić information content (AvgIpc) is 2.94. The molecule has 9 nitrogen and oxygen atoms in total. The van der Waals surface area contributed by atoms with E-state index in [1.807, 2.05) is 47.4 Å². The second kappa shape index (κ2) is 12.3. The second-order valence-corrected chi connectivity index (χ2v) is 8.59. The summed E-state index contributed by atoms with van der Waals surface area (Å²) in [6, 6.07) is 20.9. The van der Waals surface area contributed by atoms with Crippen molar-refractivity contribution in [2.45, 2.75) is 6.92 Å². The van der Waals surface area contributed by atoms with Crippen LogP contribution in [0.5, 0.6) is 0 Å². The van der Waals surface area contributed by atoms with Gasteiger partial charge < -0.3 is 20.4 Å². The highest BCUT2D eigenvalue weighted by Crippen LogP contribution is 2.23. The van der Waals surface area contributed by atoms with E-state index in [9.17, 15) is 9.59 Å². The van der Waals surface area contributed by atoms with Gasteiger partial charge in [-0.05, 0) is 23.8 Å². The van der Waals surface area contributed by atoms with Crippen LogP contribution in [0.1, 0.15) is 18.1 Å². The smallest absolute Gasteiger partial charge is 0.246 e. The normalized spacial score (nSPS) is 13.3. The van der Waals surface area contributed by atoms with E-state index in [2.05, 4.69) is 26.6 Å². The molecule has 188 valence electrons. The minimum Gasteiger partial charge on any atom is -0.368 e. The van der Waals surface area contributed by atoms with Crippen LogP contribution in [0.2, 0.25) is 0 Å². The number of benzene rings is 2. The Hall–Kier alpha value is -4.71. The highest BCUT2D eigenvalue weighted by atomic mass is 16.2. The highest BCUT2D eigenvalue weighted by Gasteiger charge is 2.22. The van der Waals surface area contributed by atoms with E-state index in [0.717, 1.165) is 16.9 Å². The second-order valence-electron chi connectivity index (χ2n) is 8.59. The number of hydrogen-bond acceptors (Lipinski definition) is 7. The molecule has 1 saturated heterocycles. The molecule has 2 aromatic carbocycles. The summed E-state index contributed by atoms with van der Waals surface area (Å²) in [5, 5.41) is 15.1. The minimum absolute atomic E-state index is 0.0602. The van der Waals surface area contributed by atoms with Gasteiger partial charge in [0, 0.05) is 63.9 Å². The summed E-state index contributed by atoms with van der Waals surface area (Å²) in [5.41, 5.74) is 2.29. The lowest BCUT2D eigenvalue weighted by atomic mass is 10.1. The lowest BCUT2D eigenvalue weighted by molar-refractivity contribution is -0.126. The molecule has 37 heavy (non-hydrogen) atoms. The number of anilines is 2. The molecule has 2 heterocycles. The summed E-state index contributed by atoms with van der Waals surface area (Å²) < 4.78 is 0. The number of carbonyl (C=O) groups is 2. The zero-order valence-corrected chi connectivity index (χ0v) is 20.7. The molecule has 1 aliphatic rings. The van der Waals surface area contributed by atoms with Gasteiger partial charge in [0.05, 0.1) is 11.6 Å². The lowest BCUT2D eigenvalue weighted by Crippen LogP contribution is -2.48. The van der Waals surface area contributed by atoms with Gasteiger partial charge in [0.25, 0.3) is 0 Å². The largest absolute Gasteiger partial charge is 0.368 e. The van der Waals surface area contributed by atoms with Gasteiger partial charge in [-0.25, -0.2) is 9.97 Å². The molecule has 2 amide bonds. The quantitative estimate of drug-likeness (QED) is 0.365. The van der Waals surface area contributed by atoms with Crippen LogP contribution < -0.4 is 15.5 Å². The van der Waals surface area contributed by atoms with Gasteiger partial charge in [-0.3, -0.25) is 9.59 Å². The maximum atomic E-state index is 12.7. The summed E-state index contributed by atoms with van der Waals surface area (Å²) in [6.45, 7) is 4.93. The third-order valence-electron chi connectivity index (χ3n) is 5.90. The summed E-state index contributed by atoms with van der Waals surface area (Å²) in [7, 11) is 0. The summed E-state index contributed by atoms with van der Waals surface area (Å²) in [6.07, 6.45) is 3.30. The van der Waals surface area contributed by atoms with Gasteiger partial charge in [0.1, 0.15) is 11.6 Å². The first-order chi connectivity index (χ1) is 18.0. The van der Waals surface area contributed by atoms with Crippen LogP contribution in [0.3, 0.4) is 0 Å². The van der Waals surface area contributed by atoms with Gasteiger partial charge in [-0.15, -0.1) is 0 Å². The number of nitrogens with zero attached hydrogens (tertiary/aromatic N) is 5. The van der Waals surface area contributed by atoms with E-state index in [1.165, 1.54) is 6.92 Å². The van der Waals surface area contributed by atoms with Crippen molar-refractivity contribution in [1.29, 1.82) is 5.26 Å². The molecular formula is C28H29N7O2. The number of piperazine rings is 1. The Bertz CT molecular complexity index is 1310. The van der Waals surface area contributed by atoms with Crippen LogP contribution in [0, 0.1) is 11.3 Å². The molecule has 1 fully saturated rings. The first-order valence-electron chi connectivity index (χ1n) is 12.2. The van der Waals surface area contributed by atoms with Crippen LogP contribution in [0.15, 0.2) is 66.7 Å². The molecule has 0 bridgehead atoms. The maximum Gasteiger partial charge on any atom is 0.246 e. The van der Waals surface area contributed by atoms with E-state index < -0.39 is 0 Å². The molecule has 3 aromatic rings. The number of carbonyl (C=O) groups excluding carboxylic acids is 2. The van der Waals surface area contributed by atoms with Gasteiger partial charge in [0.2, 0.25) is 11.8 Å². The number of rotatable bonds is 8. The highest BCUT2D eigenvalue weighted by molar-refractivity contribution is 5.92. The number of aromatic nitrogens is 2. The number of hydrogen-bond donors (Lipinski definition) is 2. The number of amides is 2. The van der Waals surface area contributed by atoms with Gasteiger partial charge in [0.15, 0.2) is 5.82 Å². The Kier molecular flexibility index (Phi) is 8.45. The van der Waals surface area contributed by atoms with Crippen LogP contribution in [-0.4, -0.2) is 66.0 Å². The first kappa shape index (κ1) is 25.4. The molecular weight excluding hydrogens is 466 g/mol. The van der Waals surface area contributed by atoms with Crippen molar-refractivity contribution in [1.82, 2.24) is 20.2 Å².